The van der Waals surface area contributed by atoms with Gasteiger partial charge >= 0.3 is 0 Å². The SMILES string of the molecule is CCCC(=O)N1CC(c2nncn2C2CC2)C2(CCC2)C1. The zero-order chi connectivity index (χ0) is 14.4. The van der Waals surface area contributed by atoms with Crippen LogP contribution in [0.2, 0.25) is 0 Å². The summed E-state index contributed by atoms with van der Waals surface area (Å²) >= 11 is 0. The molecule has 0 N–H and O–H groups in total. The topological polar surface area (TPSA) is 51.0 Å². The molecule has 5 nitrogen and oxygen atoms in total. The van der Waals surface area contributed by atoms with E-state index in [1.54, 1.807) is 0 Å². The largest absolute Gasteiger partial charge is 0.341 e. The average Bonchev–Trinajstić information content (AvgIpc) is 3.02. The highest BCUT2D eigenvalue weighted by molar-refractivity contribution is 5.76. The van der Waals surface area contributed by atoms with E-state index in [4.69, 9.17) is 0 Å². The van der Waals surface area contributed by atoms with Crippen molar-refractivity contribution in [3.8, 4) is 0 Å². The van der Waals surface area contributed by atoms with Crippen molar-refractivity contribution in [1.82, 2.24) is 19.7 Å². The lowest BCUT2D eigenvalue weighted by atomic mass is 9.62. The molecule has 1 amide bonds. The lowest BCUT2D eigenvalue weighted by Gasteiger charge is -2.42. The molecule has 2 aliphatic carbocycles. The van der Waals surface area contributed by atoms with E-state index in [0.29, 0.717) is 29.7 Å². The van der Waals surface area contributed by atoms with Crippen LogP contribution in [-0.2, 0) is 4.79 Å². The lowest BCUT2D eigenvalue weighted by molar-refractivity contribution is -0.130. The van der Waals surface area contributed by atoms with Crippen LogP contribution in [-0.4, -0.2) is 38.7 Å². The molecule has 1 spiro atoms. The van der Waals surface area contributed by atoms with Gasteiger partial charge in [-0.15, -0.1) is 10.2 Å². The van der Waals surface area contributed by atoms with Gasteiger partial charge < -0.3 is 9.47 Å². The number of rotatable bonds is 4. The fourth-order valence-electron chi connectivity index (χ4n) is 4.16. The number of carbonyl (C=O) groups is 1. The van der Waals surface area contributed by atoms with Crippen LogP contribution in [0.3, 0.4) is 0 Å². The number of carbonyl (C=O) groups excluding carboxylic acids is 1. The molecule has 0 aromatic carbocycles. The fourth-order valence-corrected chi connectivity index (χ4v) is 4.16. The quantitative estimate of drug-likeness (QED) is 0.855. The Morgan fingerprint density at radius 3 is 2.86 bits per heavy atom. The van der Waals surface area contributed by atoms with Crippen LogP contribution < -0.4 is 0 Å². The molecule has 1 atom stereocenters. The highest BCUT2D eigenvalue weighted by atomic mass is 16.2. The number of hydrogen-bond donors (Lipinski definition) is 0. The van der Waals surface area contributed by atoms with E-state index >= 15 is 0 Å². The summed E-state index contributed by atoms with van der Waals surface area (Å²) in [4.78, 5) is 14.4. The van der Waals surface area contributed by atoms with Gasteiger partial charge in [-0.05, 0) is 37.5 Å². The van der Waals surface area contributed by atoms with E-state index in [0.717, 1.165) is 25.3 Å². The molecule has 21 heavy (non-hydrogen) atoms. The first-order chi connectivity index (χ1) is 10.2. The van der Waals surface area contributed by atoms with Crippen LogP contribution in [0.1, 0.15) is 69.7 Å². The van der Waals surface area contributed by atoms with Crippen LogP contribution in [0, 0.1) is 5.41 Å². The average molecular weight is 288 g/mol. The van der Waals surface area contributed by atoms with E-state index < -0.39 is 0 Å². The summed E-state index contributed by atoms with van der Waals surface area (Å²) in [6.45, 7) is 3.87. The Bertz CT molecular complexity index is 544. The Balaban J connectivity index is 1.60. The summed E-state index contributed by atoms with van der Waals surface area (Å²) in [5.41, 5.74) is 0.295. The molecule has 4 rings (SSSR count). The van der Waals surface area contributed by atoms with Crippen LogP contribution in [0.5, 0.6) is 0 Å². The molecule has 1 aromatic rings. The van der Waals surface area contributed by atoms with Crippen molar-refractivity contribution in [2.75, 3.05) is 13.1 Å². The zero-order valence-electron chi connectivity index (χ0n) is 12.8. The van der Waals surface area contributed by atoms with Gasteiger partial charge in [0.1, 0.15) is 12.2 Å². The first-order valence-corrected chi connectivity index (χ1v) is 8.41. The van der Waals surface area contributed by atoms with E-state index in [2.05, 4.69) is 26.6 Å². The van der Waals surface area contributed by atoms with Crippen LogP contribution >= 0.6 is 0 Å². The lowest BCUT2D eigenvalue weighted by Crippen LogP contribution is -2.38. The van der Waals surface area contributed by atoms with Gasteiger partial charge in [0.05, 0.1) is 0 Å². The van der Waals surface area contributed by atoms with Gasteiger partial charge in [-0.2, -0.15) is 0 Å². The summed E-state index contributed by atoms with van der Waals surface area (Å²) in [5, 5.41) is 8.62. The molecule has 114 valence electrons. The maximum Gasteiger partial charge on any atom is 0.222 e. The van der Waals surface area contributed by atoms with Gasteiger partial charge in [-0.3, -0.25) is 4.79 Å². The smallest absolute Gasteiger partial charge is 0.222 e. The Morgan fingerprint density at radius 1 is 1.43 bits per heavy atom. The third kappa shape index (κ3) is 2.09. The first kappa shape index (κ1) is 13.3. The van der Waals surface area contributed by atoms with E-state index in [1.807, 2.05) is 6.33 Å². The number of aromatic nitrogens is 3. The molecular formula is C16H24N4O. The summed E-state index contributed by atoms with van der Waals surface area (Å²) in [7, 11) is 0. The van der Waals surface area contributed by atoms with Gasteiger partial charge in [0, 0.05) is 31.5 Å². The van der Waals surface area contributed by atoms with Gasteiger partial charge in [-0.25, -0.2) is 0 Å². The van der Waals surface area contributed by atoms with E-state index in [-0.39, 0.29) is 0 Å². The molecule has 1 aromatic heterocycles. The molecule has 1 saturated heterocycles. The fraction of sp³-hybridized carbons (Fsp3) is 0.812. The normalized spacial score (nSPS) is 27.1. The summed E-state index contributed by atoms with van der Waals surface area (Å²) in [6, 6.07) is 0.618. The number of nitrogens with zero attached hydrogens (tertiary/aromatic N) is 4. The Labute approximate surface area is 125 Å². The molecule has 2 saturated carbocycles. The third-order valence-electron chi connectivity index (χ3n) is 5.67. The second kappa shape index (κ2) is 4.82. The molecule has 2 heterocycles. The number of amides is 1. The molecular weight excluding hydrogens is 264 g/mol. The minimum absolute atomic E-state index is 0.295. The van der Waals surface area contributed by atoms with Gasteiger partial charge in [0.15, 0.2) is 0 Å². The summed E-state index contributed by atoms with van der Waals surface area (Å²) in [6.07, 6.45) is 9.80. The first-order valence-electron chi connectivity index (χ1n) is 8.41. The maximum absolute atomic E-state index is 12.3. The predicted octanol–water partition coefficient (Wildman–Crippen LogP) is 2.51. The van der Waals surface area contributed by atoms with Crippen molar-refractivity contribution in [3.05, 3.63) is 12.2 Å². The Hall–Kier alpha value is -1.39. The molecule has 1 aliphatic heterocycles. The van der Waals surface area contributed by atoms with Crippen molar-refractivity contribution >= 4 is 5.91 Å². The van der Waals surface area contributed by atoms with Crippen molar-refractivity contribution in [2.45, 2.75) is 63.8 Å². The molecule has 3 aliphatic rings. The molecule has 0 radical (unpaired) electrons. The van der Waals surface area contributed by atoms with E-state index in [1.165, 1.54) is 32.1 Å². The maximum atomic E-state index is 12.3. The highest BCUT2D eigenvalue weighted by Crippen LogP contribution is 2.56. The van der Waals surface area contributed by atoms with Crippen LogP contribution in [0.4, 0.5) is 0 Å². The molecule has 3 fully saturated rings. The predicted molar refractivity (Wildman–Crippen MR) is 78.8 cm³/mol. The van der Waals surface area contributed by atoms with E-state index in [9.17, 15) is 4.79 Å². The Morgan fingerprint density at radius 2 is 2.24 bits per heavy atom. The van der Waals surface area contributed by atoms with Gasteiger partial charge in [-0.1, -0.05) is 13.3 Å². The van der Waals surface area contributed by atoms with Crippen molar-refractivity contribution in [2.24, 2.45) is 5.41 Å². The van der Waals surface area contributed by atoms with Crippen molar-refractivity contribution < 1.29 is 4.79 Å². The zero-order valence-corrected chi connectivity index (χ0v) is 12.8. The van der Waals surface area contributed by atoms with Crippen LogP contribution in [0.15, 0.2) is 6.33 Å². The van der Waals surface area contributed by atoms with Crippen molar-refractivity contribution in [3.63, 3.8) is 0 Å². The minimum atomic E-state index is 0.295. The second-order valence-corrected chi connectivity index (χ2v) is 7.12. The van der Waals surface area contributed by atoms with Crippen molar-refractivity contribution in [1.29, 1.82) is 0 Å². The monoisotopic (exact) mass is 288 g/mol. The molecule has 5 heteroatoms. The standard InChI is InChI=1S/C16H24N4O/c1-2-4-14(21)19-9-13(16(10-19)7-3-8-16)15-18-17-11-20(15)12-5-6-12/h11-13H,2-10H2,1H3. The number of likely N-dealkylation sites (tertiary alicyclic amines) is 1. The summed E-state index contributed by atoms with van der Waals surface area (Å²) in [5.74, 6) is 1.86. The number of hydrogen-bond acceptors (Lipinski definition) is 3. The van der Waals surface area contributed by atoms with Gasteiger partial charge in [0.25, 0.3) is 0 Å². The molecule has 0 bridgehead atoms. The summed E-state index contributed by atoms with van der Waals surface area (Å²) < 4.78 is 2.29. The Kier molecular flexibility index (Phi) is 3.05. The molecule has 1 unspecified atom stereocenters. The minimum Gasteiger partial charge on any atom is -0.341 e. The third-order valence-corrected chi connectivity index (χ3v) is 5.67. The second-order valence-electron chi connectivity index (χ2n) is 7.12. The van der Waals surface area contributed by atoms with Crippen LogP contribution in [0.25, 0.3) is 0 Å². The van der Waals surface area contributed by atoms with Gasteiger partial charge in [0.2, 0.25) is 5.91 Å². The highest BCUT2D eigenvalue weighted by Gasteiger charge is 2.53.